The highest BCUT2D eigenvalue weighted by Gasteiger charge is 2.27. The van der Waals surface area contributed by atoms with Crippen LogP contribution < -0.4 is 14.5 Å². The molecule has 0 aliphatic carbocycles. The Hall–Kier alpha value is -4.44. The summed E-state index contributed by atoms with van der Waals surface area (Å²) in [5.41, 5.74) is 6.90. The summed E-state index contributed by atoms with van der Waals surface area (Å²) < 4.78 is 48.7. The van der Waals surface area contributed by atoms with Gasteiger partial charge in [0.25, 0.3) is 15.9 Å². The second kappa shape index (κ2) is 11.5. The third-order valence-corrected chi connectivity index (χ3v) is 7.97. The molecule has 10 heteroatoms. The Kier molecular flexibility index (Phi) is 8.15. The molecule has 0 atom stereocenters. The highest BCUT2D eigenvalue weighted by molar-refractivity contribution is 7.92. The Balaban J connectivity index is 1.56. The molecule has 3 aromatic carbocycles. The van der Waals surface area contributed by atoms with E-state index in [1.54, 1.807) is 48.5 Å². The summed E-state index contributed by atoms with van der Waals surface area (Å²) in [5.74, 6) is -0.498. The number of anilines is 1. The van der Waals surface area contributed by atoms with E-state index in [0.29, 0.717) is 5.75 Å². The fourth-order valence-corrected chi connectivity index (χ4v) is 5.58. The van der Waals surface area contributed by atoms with Crippen LogP contribution in [0.3, 0.4) is 0 Å². The van der Waals surface area contributed by atoms with Gasteiger partial charge in [0.1, 0.15) is 18.1 Å². The minimum Gasteiger partial charge on any atom is -0.497 e. The van der Waals surface area contributed by atoms with Gasteiger partial charge < -0.3 is 9.30 Å². The lowest BCUT2D eigenvalue weighted by molar-refractivity contribution is -0.119. The molecule has 0 unspecified atom stereocenters. The number of benzene rings is 3. The maximum Gasteiger partial charge on any atom is 0.264 e. The van der Waals surface area contributed by atoms with Crippen LogP contribution in [0.4, 0.5) is 10.1 Å². The van der Waals surface area contributed by atoms with Crippen LogP contribution >= 0.6 is 0 Å². The molecule has 0 spiro atoms. The lowest BCUT2D eigenvalue weighted by Gasteiger charge is -2.24. The summed E-state index contributed by atoms with van der Waals surface area (Å²) in [6.07, 6.45) is 1.49. The zero-order valence-corrected chi connectivity index (χ0v) is 22.9. The second-order valence-corrected chi connectivity index (χ2v) is 10.8. The first kappa shape index (κ1) is 27.6. The summed E-state index contributed by atoms with van der Waals surface area (Å²) in [7, 11) is -2.60. The number of hydrazone groups is 1. The van der Waals surface area contributed by atoms with Gasteiger partial charge in [0.05, 0.1) is 23.9 Å². The Morgan fingerprint density at radius 1 is 1.03 bits per heavy atom. The molecule has 0 aliphatic heterocycles. The predicted octanol–water partition coefficient (Wildman–Crippen LogP) is 4.90. The lowest BCUT2D eigenvalue weighted by atomic mass is 10.2. The van der Waals surface area contributed by atoms with Crippen molar-refractivity contribution in [2.75, 3.05) is 18.0 Å². The monoisotopic (exact) mass is 548 g/mol. The molecule has 8 nitrogen and oxygen atoms in total. The third kappa shape index (κ3) is 6.18. The molecule has 202 valence electrons. The van der Waals surface area contributed by atoms with Crippen LogP contribution in [-0.4, -0.2) is 38.8 Å². The van der Waals surface area contributed by atoms with Gasteiger partial charge in [0.15, 0.2) is 0 Å². The molecular weight excluding hydrogens is 519 g/mol. The Labute approximate surface area is 227 Å². The molecule has 1 N–H and O–H groups in total. The average molecular weight is 549 g/mol. The van der Waals surface area contributed by atoms with Gasteiger partial charge in [-0.05, 0) is 75.4 Å². The number of carbonyl (C=O) groups excluding carboxylic acids is 1. The maximum absolute atomic E-state index is 13.6. The summed E-state index contributed by atoms with van der Waals surface area (Å²) in [6.45, 7) is 5.15. The Morgan fingerprint density at radius 2 is 1.72 bits per heavy atom. The van der Waals surface area contributed by atoms with Gasteiger partial charge >= 0.3 is 0 Å². The van der Waals surface area contributed by atoms with Gasteiger partial charge in [-0.2, -0.15) is 5.10 Å². The van der Waals surface area contributed by atoms with Gasteiger partial charge in [-0.3, -0.25) is 9.10 Å². The summed E-state index contributed by atoms with van der Waals surface area (Å²) >= 11 is 0. The Morgan fingerprint density at radius 3 is 2.38 bits per heavy atom. The number of halogens is 1. The summed E-state index contributed by atoms with van der Waals surface area (Å²) in [4.78, 5) is 13.0. The lowest BCUT2D eigenvalue weighted by Crippen LogP contribution is -2.39. The van der Waals surface area contributed by atoms with Crippen molar-refractivity contribution in [2.24, 2.45) is 5.10 Å². The SMILES string of the molecule is COc1cccc(N(CC(=O)N/N=C\c2cc(C)n(-c3ccc(F)cc3)c2C)S(=O)(=O)c2ccc(C)cc2)c1. The number of ether oxygens (including phenoxy) is 1. The summed E-state index contributed by atoms with van der Waals surface area (Å²) in [6, 6.07) is 20.9. The van der Waals surface area contributed by atoms with Crippen molar-refractivity contribution in [1.29, 1.82) is 0 Å². The molecule has 39 heavy (non-hydrogen) atoms. The molecule has 4 rings (SSSR count). The highest BCUT2D eigenvalue weighted by atomic mass is 32.2. The number of hydrogen-bond donors (Lipinski definition) is 1. The second-order valence-electron chi connectivity index (χ2n) is 8.96. The number of aromatic nitrogens is 1. The fourth-order valence-electron chi connectivity index (χ4n) is 4.16. The van der Waals surface area contributed by atoms with Gasteiger partial charge in [-0.1, -0.05) is 23.8 Å². The standard InChI is InChI=1S/C29H29FN4O4S/c1-20-8-14-28(15-9-20)39(36,37)33(26-6-5-7-27(17-26)38-4)19-29(35)32-31-18-23-16-21(2)34(22(23)3)25-12-10-24(30)11-13-25/h5-18H,19H2,1-4H3,(H,32,35)/b31-18-. The molecule has 1 heterocycles. The highest BCUT2D eigenvalue weighted by Crippen LogP contribution is 2.27. The molecule has 0 bridgehead atoms. The van der Waals surface area contributed by atoms with Crippen LogP contribution in [0.5, 0.6) is 5.75 Å². The number of amides is 1. The molecular formula is C29H29FN4O4S. The van der Waals surface area contributed by atoms with Gasteiger partial charge in [0, 0.05) is 28.7 Å². The normalized spacial score (nSPS) is 11.5. The molecule has 0 radical (unpaired) electrons. The maximum atomic E-state index is 13.6. The van der Waals surface area contributed by atoms with Crippen molar-refractivity contribution in [3.63, 3.8) is 0 Å². The summed E-state index contributed by atoms with van der Waals surface area (Å²) in [5, 5.41) is 4.07. The molecule has 0 saturated heterocycles. The number of aryl methyl sites for hydroxylation is 2. The van der Waals surface area contributed by atoms with Crippen LogP contribution in [0, 0.1) is 26.6 Å². The van der Waals surface area contributed by atoms with Gasteiger partial charge in [-0.15, -0.1) is 0 Å². The first-order valence-corrected chi connectivity index (χ1v) is 13.5. The van der Waals surface area contributed by atoms with E-state index >= 15 is 0 Å². The number of carbonyl (C=O) groups is 1. The van der Waals surface area contributed by atoms with Gasteiger partial charge in [-0.25, -0.2) is 18.2 Å². The van der Waals surface area contributed by atoms with E-state index in [9.17, 15) is 17.6 Å². The molecule has 0 saturated carbocycles. The molecule has 0 fully saturated rings. The first-order chi connectivity index (χ1) is 18.6. The number of sulfonamides is 1. The smallest absolute Gasteiger partial charge is 0.264 e. The van der Waals surface area contributed by atoms with E-state index in [0.717, 1.165) is 32.5 Å². The number of hydrogen-bond acceptors (Lipinski definition) is 5. The van der Waals surface area contributed by atoms with Crippen molar-refractivity contribution in [3.05, 3.63) is 107 Å². The van der Waals surface area contributed by atoms with E-state index < -0.39 is 22.5 Å². The largest absolute Gasteiger partial charge is 0.497 e. The zero-order valence-electron chi connectivity index (χ0n) is 22.1. The molecule has 1 amide bonds. The molecule has 1 aromatic heterocycles. The average Bonchev–Trinajstić information content (AvgIpc) is 3.20. The predicted molar refractivity (Wildman–Crippen MR) is 150 cm³/mol. The topological polar surface area (TPSA) is 93.0 Å². The first-order valence-electron chi connectivity index (χ1n) is 12.1. The molecule has 4 aromatic rings. The van der Waals surface area contributed by atoms with Crippen LogP contribution in [0.15, 0.2) is 88.9 Å². The quantitative estimate of drug-likeness (QED) is 0.238. The van der Waals surface area contributed by atoms with Crippen molar-refractivity contribution in [3.8, 4) is 11.4 Å². The van der Waals surface area contributed by atoms with E-state index in [1.807, 2.05) is 31.4 Å². The Bertz CT molecular complexity index is 1610. The van der Waals surface area contributed by atoms with Crippen LogP contribution in [0.25, 0.3) is 5.69 Å². The van der Waals surface area contributed by atoms with E-state index in [4.69, 9.17) is 4.74 Å². The van der Waals surface area contributed by atoms with Crippen molar-refractivity contribution < 1.29 is 22.3 Å². The fraction of sp³-hybridized carbons (Fsp3) is 0.172. The number of rotatable bonds is 9. The van der Waals surface area contributed by atoms with Crippen LogP contribution in [0.2, 0.25) is 0 Å². The van der Waals surface area contributed by atoms with Crippen molar-refractivity contribution >= 4 is 27.8 Å². The number of methoxy groups -OCH3 is 1. The molecule has 0 aliphatic rings. The van der Waals surface area contributed by atoms with Crippen LogP contribution in [-0.2, 0) is 14.8 Å². The minimum absolute atomic E-state index is 0.0560. The van der Waals surface area contributed by atoms with Gasteiger partial charge in [0.2, 0.25) is 0 Å². The van der Waals surface area contributed by atoms with E-state index in [-0.39, 0.29) is 16.4 Å². The van der Waals surface area contributed by atoms with Crippen molar-refractivity contribution in [1.82, 2.24) is 9.99 Å². The zero-order chi connectivity index (χ0) is 28.2. The van der Waals surface area contributed by atoms with E-state index in [1.165, 1.54) is 37.6 Å². The van der Waals surface area contributed by atoms with Crippen LogP contribution in [0.1, 0.15) is 22.5 Å². The third-order valence-electron chi connectivity index (χ3n) is 6.19. The number of nitrogens with one attached hydrogen (secondary N) is 1. The minimum atomic E-state index is -4.08. The van der Waals surface area contributed by atoms with Crippen molar-refractivity contribution in [2.45, 2.75) is 25.7 Å². The number of nitrogens with zero attached hydrogens (tertiary/aromatic N) is 3. The van der Waals surface area contributed by atoms with E-state index in [2.05, 4.69) is 10.5 Å².